The highest BCUT2D eigenvalue weighted by atomic mass is 16.6. The summed E-state index contributed by atoms with van der Waals surface area (Å²) in [5, 5.41) is 16.3. The van der Waals surface area contributed by atoms with Gasteiger partial charge >= 0.3 is 0 Å². The third-order valence-corrected chi connectivity index (χ3v) is 4.09. The van der Waals surface area contributed by atoms with E-state index in [-0.39, 0.29) is 11.6 Å². The van der Waals surface area contributed by atoms with Crippen LogP contribution in [-0.2, 0) is 4.79 Å². The second-order valence-electron chi connectivity index (χ2n) is 6.12. The number of carbonyl (C=O) groups is 1. The van der Waals surface area contributed by atoms with Crippen molar-refractivity contribution in [2.45, 2.75) is 6.92 Å². The summed E-state index contributed by atoms with van der Waals surface area (Å²) in [6, 6.07) is 13.6. The number of amides is 1. The molecule has 7 heteroatoms. The normalized spacial score (nSPS) is 15.3. The van der Waals surface area contributed by atoms with Crippen LogP contribution in [0.5, 0.6) is 0 Å². The number of hydrogen-bond acceptors (Lipinski definition) is 5. The van der Waals surface area contributed by atoms with Gasteiger partial charge < -0.3 is 4.90 Å². The van der Waals surface area contributed by atoms with Gasteiger partial charge in [-0.3, -0.25) is 14.9 Å². The van der Waals surface area contributed by atoms with Crippen molar-refractivity contribution >= 4 is 34.8 Å². The Hall–Kier alpha value is -3.48. The lowest BCUT2D eigenvalue weighted by Gasteiger charge is -2.12. The molecular formula is C19H18N4O3. The molecule has 0 bridgehead atoms. The fraction of sp³-hybridized carbons (Fsp3) is 0.158. The summed E-state index contributed by atoms with van der Waals surface area (Å²) in [6.45, 7) is 1.77. The zero-order valence-electron chi connectivity index (χ0n) is 14.7. The van der Waals surface area contributed by atoms with E-state index in [1.54, 1.807) is 13.0 Å². The van der Waals surface area contributed by atoms with E-state index in [0.717, 1.165) is 11.3 Å². The highest BCUT2D eigenvalue weighted by molar-refractivity contribution is 6.32. The van der Waals surface area contributed by atoms with Crippen molar-refractivity contribution in [3.63, 3.8) is 0 Å². The Labute approximate surface area is 151 Å². The second kappa shape index (κ2) is 6.79. The molecule has 3 rings (SSSR count). The molecule has 2 aromatic carbocycles. The van der Waals surface area contributed by atoms with Gasteiger partial charge in [-0.05, 0) is 42.8 Å². The van der Waals surface area contributed by atoms with Crippen LogP contribution in [0, 0.1) is 10.1 Å². The Morgan fingerprint density at radius 2 is 1.69 bits per heavy atom. The number of hydrazone groups is 1. The third kappa shape index (κ3) is 3.32. The molecule has 0 saturated heterocycles. The summed E-state index contributed by atoms with van der Waals surface area (Å²) in [5.41, 5.74) is 3.54. The average molecular weight is 350 g/mol. The van der Waals surface area contributed by atoms with Gasteiger partial charge in [0.15, 0.2) is 0 Å². The maximum atomic E-state index is 12.7. The van der Waals surface area contributed by atoms with Crippen LogP contribution in [0.25, 0.3) is 6.08 Å². The predicted octanol–water partition coefficient (Wildman–Crippen LogP) is 3.47. The van der Waals surface area contributed by atoms with Crippen molar-refractivity contribution in [3.05, 3.63) is 69.8 Å². The Kier molecular flexibility index (Phi) is 4.53. The molecule has 0 spiro atoms. The largest absolute Gasteiger partial charge is 0.378 e. The Bertz CT molecular complexity index is 913. The fourth-order valence-corrected chi connectivity index (χ4v) is 2.61. The minimum absolute atomic E-state index is 0.0298. The molecule has 2 aromatic rings. The molecule has 0 N–H and O–H groups in total. The van der Waals surface area contributed by atoms with Crippen LogP contribution in [0.3, 0.4) is 0 Å². The molecule has 0 radical (unpaired) electrons. The van der Waals surface area contributed by atoms with Crippen LogP contribution in [0.1, 0.15) is 12.5 Å². The van der Waals surface area contributed by atoms with Gasteiger partial charge in [0.05, 0.1) is 21.9 Å². The van der Waals surface area contributed by atoms with Crippen molar-refractivity contribution in [2.24, 2.45) is 5.10 Å². The molecule has 0 aromatic heterocycles. The summed E-state index contributed by atoms with van der Waals surface area (Å²) in [5.74, 6) is -0.256. The molecule has 0 saturated carbocycles. The number of benzene rings is 2. The molecule has 0 atom stereocenters. The van der Waals surface area contributed by atoms with Crippen LogP contribution >= 0.6 is 0 Å². The molecule has 26 heavy (non-hydrogen) atoms. The van der Waals surface area contributed by atoms with E-state index < -0.39 is 4.92 Å². The zero-order chi connectivity index (χ0) is 18.8. The molecule has 1 aliphatic heterocycles. The summed E-state index contributed by atoms with van der Waals surface area (Å²) >= 11 is 0. The number of non-ortho nitro benzene ring substituents is 1. The Balaban J connectivity index is 1.86. The number of nitro benzene ring substituents is 1. The summed E-state index contributed by atoms with van der Waals surface area (Å²) < 4.78 is 0. The van der Waals surface area contributed by atoms with Gasteiger partial charge in [0.2, 0.25) is 0 Å². The predicted molar refractivity (Wildman–Crippen MR) is 102 cm³/mol. The molecule has 1 aliphatic rings. The van der Waals surface area contributed by atoms with Crippen molar-refractivity contribution < 1.29 is 9.72 Å². The summed E-state index contributed by atoms with van der Waals surface area (Å²) in [4.78, 5) is 25.0. The van der Waals surface area contributed by atoms with E-state index >= 15 is 0 Å². The smallest absolute Gasteiger partial charge is 0.280 e. The van der Waals surface area contributed by atoms with Gasteiger partial charge in [-0.25, -0.2) is 0 Å². The fourth-order valence-electron chi connectivity index (χ4n) is 2.61. The molecule has 0 unspecified atom stereocenters. The Morgan fingerprint density at radius 1 is 1.08 bits per heavy atom. The topological polar surface area (TPSA) is 79.0 Å². The highest BCUT2D eigenvalue weighted by Crippen LogP contribution is 2.27. The van der Waals surface area contributed by atoms with E-state index in [2.05, 4.69) is 5.10 Å². The van der Waals surface area contributed by atoms with Crippen molar-refractivity contribution in [1.29, 1.82) is 0 Å². The maximum Gasteiger partial charge on any atom is 0.280 e. The van der Waals surface area contributed by atoms with Crippen LogP contribution in [0.15, 0.2) is 59.2 Å². The van der Waals surface area contributed by atoms with Gasteiger partial charge in [0.25, 0.3) is 11.6 Å². The van der Waals surface area contributed by atoms with E-state index in [4.69, 9.17) is 0 Å². The first-order valence-corrected chi connectivity index (χ1v) is 8.00. The average Bonchev–Trinajstić information content (AvgIpc) is 2.90. The molecule has 1 heterocycles. The first kappa shape index (κ1) is 17.3. The van der Waals surface area contributed by atoms with Gasteiger partial charge in [-0.1, -0.05) is 12.1 Å². The van der Waals surface area contributed by atoms with E-state index in [1.165, 1.54) is 29.3 Å². The van der Waals surface area contributed by atoms with Crippen LogP contribution < -0.4 is 9.91 Å². The van der Waals surface area contributed by atoms with E-state index in [0.29, 0.717) is 17.0 Å². The first-order valence-electron chi connectivity index (χ1n) is 8.00. The number of hydrogen-bond donors (Lipinski definition) is 0. The molecule has 132 valence electrons. The lowest BCUT2D eigenvalue weighted by atomic mass is 10.1. The first-order chi connectivity index (χ1) is 12.4. The van der Waals surface area contributed by atoms with E-state index in [9.17, 15) is 14.9 Å². The zero-order valence-corrected chi connectivity index (χ0v) is 14.7. The number of nitrogens with zero attached hydrogens (tertiary/aromatic N) is 4. The van der Waals surface area contributed by atoms with Gasteiger partial charge in [-0.15, -0.1) is 0 Å². The Morgan fingerprint density at radius 3 is 2.23 bits per heavy atom. The maximum absolute atomic E-state index is 12.7. The van der Waals surface area contributed by atoms with Gasteiger partial charge in [0.1, 0.15) is 0 Å². The molecule has 0 aliphatic carbocycles. The standard InChI is InChI=1S/C19H18N4O3/c1-13-18(12-14-4-6-15(7-5-14)21(2)3)19(24)22(20-13)16-8-10-17(11-9-16)23(25)26/h4-12H,1-3H3/b18-12-. The molecule has 0 fully saturated rings. The van der Waals surface area contributed by atoms with Crippen LogP contribution in [0.2, 0.25) is 0 Å². The minimum atomic E-state index is -0.479. The number of rotatable bonds is 4. The molecule has 1 amide bonds. The minimum Gasteiger partial charge on any atom is -0.378 e. The number of nitro groups is 1. The van der Waals surface area contributed by atoms with Crippen LogP contribution in [0.4, 0.5) is 17.1 Å². The monoisotopic (exact) mass is 350 g/mol. The number of anilines is 2. The third-order valence-electron chi connectivity index (χ3n) is 4.09. The quantitative estimate of drug-likeness (QED) is 0.480. The summed E-state index contributed by atoms with van der Waals surface area (Å²) in [6.07, 6.45) is 1.80. The van der Waals surface area contributed by atoms with Crippen LogP contribution in [-0.4, -0.2) is 30.6 Å². The van der Waals surface area contributed by atoms with Gasteiger partial charge in [-0.2, -0.15) is 10.1 Å². The van der Waals surface area contributed by atoms with E-state index in [1.807, 2.05) is 43.3 Å². The SMILES string of the molecule is CC1=NN(c2ccc([N+](=O)[O-])cc2)C(=O)/C1=C\c1ccc(N(C)C)cc1. The van der Waals surface area contributed by atoms with Crippen molar-refractivity contribution in [1.82, 2.24) is 0 Å². The summed E-state index contributed by atoms with van der Waals surface area (Å²) in [7, 11) is 3.93. The molecule has 7 nitrogen and oxygen atoms in total. The molecular weight excluding hydrogens is 332 g/mol. The second-order valence-corrected chi connectivity index (χ2v) is 6.12. The lowest BCUT2D eigenvalue weighted by molar-refractivity contribution is -0.384. The number of carbonyl (C=O) groups excluding carboxylic acids is 1. The lowest BCUT2D eigenvalue weighted by Crippen LogP contribution is -2.21. The van der Waals surface area contributed by atoms with Crippen molar-refractivity contribution in [2.75, 3.05) is 24.0 Å². The van der Waals surface area contributed by atoms with Gasteiger partial charge in [0, 0.05) is 31.9 Å². The highest BCUT2D eigenvalue weighted by Gasteiger charge is 2.28. The van der Waals surface area contributed by atoms with Crippen molar-refractivity contribution in [3.8, 4) is 0 Å².